The van der Waals surface area contributed by atoms with Gasteiger partial charge in [-0.3, -0.25) is 4.79 Å². The van der Waals surface area contributed by atoms with Crippen LogP contribution in [0.25, 0.3) is 0 Å². The number of amides is 3. The highest BCUT2D eigenvalue weighted by atomic mass is 19.1. The highest BCUT2D eigenvalue weighted by Crippen LogP contribution is 2.45. The zero-order valence-corrected chi connectivity index (χ0v) is 16.9. The first-order valence-corrected chi connectivity index (χ1v) is 10.7. The van der Waals surface area contributed by atoms with Crippen LogP contribution >= 0.6 is 0 Å². The molecule has 0 aliphatic carbocycles. The average Bonchev–Trinajstić information content (AvgIpc) is 3.12. The van der Waals surface area contributed by atoms with Crippen molar-refractivity contribution >= 4 is 11.9 Å². The molecule has 3 fully saturated rings. The molecule has 1 N–H and O–H groups in total. The molecule has 3 amide bonds. The van der Waals surface area contributed by atoms with Gasteiger partial charge >= 0.3 is 6.03 Å². The Balaban J connectivity index is 1.43. The van der Waals surface area contributed by atoms with E-state index in [0.29, 0.717) is 32.8 Å². The molecule has 6 nitrogen and oxygen atoms in total. The highest BCUT2D eigenvalue weighted by Gasteiger charge is 2.52. The van der Waals surface area contributed by atoms with E-state index in [2.05, 4.69) is 5.32 Å². The summed E-state index contributed by atoms with van der Waals surface area (Å²) >= 11 is 0. The summed E-state index contributed by atoms with van der Waals surface area (Å²) in [5.74, 6) is -0.235. The highest BCUT2D eigenvalue weighted by molar-refractivity contribution is 5.83. The zero-order chi connectivity index (χ0) is 20.3. The fraction of sp³-hybridized carbons (Fsp3) is 0.636. The Morgan fingerprint density at radius 2 is 1.76 bits per heavy atom. The standard InChI is InChI=1S/C22H30FN3O3/c23-18-6-4-17(5-7-18)14-24-21(28)26-15-19(20(27)25-10-2-1-3-11-25)22(16-26)8-12-29-13-9-22/h4-7,19H,1-3,8-16H2,(H,24,28). The maximum absolute atomic E-state index is 13.3. The number of hydrogen-bond donors (Lipinski definition) is 1. The fourth-order valence-electron chi connectivity index (χ4n) is 4.97. The smallest absolute Gasteiger partial charge is 0.317 e. The van der Waals surface area contributed by atoms with Gasteiger partial charge in [-0.25, -0.2) is 9.18 Å². The summed E-state index contributed by atoms with van der Waals surface area (Å²) in [6, 6.07) is 5.96. The molecule has 0 radical (unpaired) electrons. The first kappa shape index (κ1) is 20.1. The molecule has 1 unspecified atom stereocenters. The first-order valence-electron chi connectivity index (χ1n) is 10.7. The van der Waals surface area contributed by atoms with Crippen molar-refractivity contribution in [2.75, 3.05) is 39.4 Å². The van der Waals surface area contributed by atoms with Crippen LogP contribution in [0, 0.1) is 17.2 Å². The van der Waals surface area contributed by atoms with Crippen LogP contribution in [-0.4, -0.2) is 61.1 Å². The van der Waals surface area contributed by atoms with E-state index in [0.717, 1.165) is 44.3 Å². The summed E-state index contributed by atoms with van der Waals surface area (Å²) < 4.78 is 18.6. The summed E-state index contributed by atoms with van der Waals surface area (Å²) in [6.07, 6.45) is 4.95. The van der Waals surface area contributed by atoms with Crippen molar-refractivity contribution in [1.29, 1.82) is 0 Å². The number of halogens is 1. The lowest BCUT2D eigenvalue weighted by Crippen LogP contribution is -2.47. The number of carbonyl (C=O) groups is 2. The molecule has 3 aliphatic rings. The lowest BCUT2D eigenvalue weighted by Gasteiger charge is -2.39. The summed E-state index contributed by atoms with van der Waals surface area (Å²) in [5.41, 5.74) is 0.667. The monoisotopic (exact) mass is 403 g/mol. The van der Waals surface area contributed by atoms with Crippen molar-refractivity contribution in [3.05, 3.63) is 35.6 Å². The van der Waals surface area contributed by atoms with Crippen LogP contribution in [0.3, 0.4) is 0 Å². The summed E-state index contributed by atoms with van der Waals surface area (Å²) in [6.45, 7) is 4.36. The molecule has 0 saturated carbocycles. The minimum absolute atomic E-state index is 0.152. The summed E-state index contributed by atoms with van der Waals surface area (Å²) in [7, 11) is 0. The normalized spacial score (nSPS) is 24.0. The number of rotatable bonds is 3. The number of urea groups is 1. The van der Waals surface area contributed by atoms with Gasteiger partial charge in [0.1, 0.15) is 5.82 Å². The molecule has 29 heavy (non-hydrogen) atoms. The summed E-state index contributed by atoms with van der Waals surface area (Å²) in [5, 5.41) is 2.93. The minimum atomic E-state index is -0.292. The maximum Gasteiger partial charge on any atom is 0.317 e. The van der Waals surface area contributed by atoms with Gasteiger partial charge in [0.15, 0.2) is 0 Å². The first-order chi connectivity index (χ1) is 14.1. The fourth-order valence-corrected chi connectivity index (χ4v) is 4.97. The molecule has 1 aromatic carbocycles. The number of carbonyl (C=O) groups excluding carboxylic acids is 2. The van der Waals surface area contributed by atoms with Crippen LogP contribution < -0.4 is 5.32 Å². The van der Waals surface area contributed by atoms with E-state index in [-0.39, 0.29) is 29.1 Å². The largest absolute Gasteiger partial charge is 0.381 e. The van der Waals surface area contributed by atoms with Gasteiger partial charge in [-0.1, -0.05) is 12.1 Å². The van der Waals surface area contributed by atoms with Gasteiger partial charge in [0, 0.05) is 51.4 Å². The van der Waals surface area contributed by atoms with E-state index in [1.807, 2.05) is 4.90 Å². The Kier molecular flexibility index (Phi) is 6.04. The van der Waals surface area contributed by atoms with Crippen molar-refractivity contribution in [3.8, 4) is 0 Å². The van der Waals surface area contributed by atoms with E-state index in [9.17, 15) is 14.0 Å². The third-order valence-electron chi connectivity index (χ3n) is 6.75. The molecule has 1 atom stereocenters. The van der Waals surface area contributed by atoms with Crippen LogP contribution in [-0.2, 0) is 16.1 Å². The van der Waals surface area contributed by atoms with E-state index in [4.69, 9.17) is 4.74 Å². The molecule has 3 aliphatic heterocycles. The van der Waals surface area contributed by atoms with Crippen molar-refractivity contribution in [2.45, 2.75) is 38.6 Å². The Morgan fingerprint density at radius 3 is 2.45 bits per heavy atom. The molecule has 3 saturated heterocycles. The molecule has 0 aromatic heterocycles. The van der Waals surface area contributed by atoms with E-state index >= 15 is 0 Å². The molecular weight excluding hydrogens is 373 g/mol. The predicted octanol–water partition coefficient (Wildman–Crippen LogP) is 2.78. The number of nitrogens with zero attached hydrogens (tertiary/aromatic N) is 2. The van der Waals surface area contributed by atoms with Crippen molar-refractivity contribution in [3.63, 3.8) is 0 Å². The molecular formula is C22H30FN3O3. The zero-order valence-electron chi connectivity index (χ0n) is 16.9. The average molecular weight is 403 g/mol. The van der Waals surface area contributed by atoms with Gasteiger partial charge in [-0.2, -0.15) is 0 Å². The third kappa shape index (κ3) is 4.39. The van der Waals surface area contributed by atoms with Crippen molar-refractivity contribution in [1.82, 2.24) is 15.1 Å². The van der Waals surface area contributed by atoms with E-state index in [1.165, 1.54) is 18.6 Å². The van der Waals surface area contributed by atoms with Crippen LogP contribution in [0.4, 0.5) is 9.18 Å². The SMILES string of the molecule is O=C(NCc1ccc(F)cc1)N1CC(C(=O)N2CCCCC2)C2(CCOCC2)C1. The lowest BCUT2D eigenvalue weighted by atomic mass is 9.71. The van der Waals surface area contributed by atoms with E-state index in [1.54, 1.807) is 17.0 Å². The number of hydrogen-bond acceptors (Lipinski definition) is 3. The van der Waals surface area contributed by atoms with Gasteiger partial charge in [0.2, 0.25) is 5.91 Å². The van der Waals surface area contributed by atoms with Crippen LogP contribution in [0.1, 0.15) is 37.7 Å². The Bertz CT molecular complexity index is 727. The van der Waals surface area contributed by atoms with Crippen molar-refractivity contribution < 1.29 is 18.7 Å². The van der Waals surface area contributed by atoms with Gasteiger partial charge in [-0.15, -0.1) is 0 Å². The quantitative estimate of drug-likeness (QED) is 0.844. The molecule has 3 heterocycles. The second kappa shape index (κ2) is 8.69. The van der Waals surface area contributed by atoms with Gasteiger partial charge in [0.25, 0.3) is 0 Å². The molecule has 1 aromatic rings. The van der Waals surface area contributed by atoms with Gasteiger partial charge in [-0.05, 0) is 49.8 Å². The maximum atomic E-state index is 13.3. The molecule has 1 spiro atoms. The number of ether oxygens (including phenoxy) is 1. The number of nitrogens with one attached hydrogen (secondary N) is 1. The molecule has 7 heteroatoms. The molecule has 4 rings (SSSR count). The molecule has 158 valence electrons. The number of likely N-dealkylation sites (tertiary alicyclic amines) is 2. The number of benzene rings is 1. The van der Waals surface area contributed by atoms with Gasteiger partial charge in [0.05, 0.1) is 5.92 Å². The number of piperidine rings is 1. The van der Waals surface area contributed by atoms with Gasteiger partial charge < -0.3 is 19.9 Å². The van der Waals surface area contributed by atoms with Crippen molar-refractivity contribution in [2.24, 2.45) is 11.3 Å². The Hall–Kier alpha value is -2.15. The van der Waals surface area contributed by atoms with E-state index < -0.39 is 0 Å². The molecule has 0 bridgehead atoms. The topological polar surface area (TPSA) is 61.9 Å². The van der Waals surface area contributed by atoms with Crippen LogP contribution in [0.15, 0.2) is 24.3 Å². The lowest BCUT2D eigenvalue weighted by molar-refractivity contribution is -0.141. The Labute approximate surface area is 171 Å². The summed E-state index contributed by atoms with van der Waals surface area (Å²) in [4.78, 5) is 30.0. The Morgan fingerprint density at radius 1 is 1.07 bits per heavy atom. The second-order valence-corrected chi connectivity index (χ2v) is 8.58. The predicted molar refractivity (Wildman–Crippen MR) is 107 cm³/mol. The van der Waals surface area contributed by atoms with Crippen LogP contribution in [0.2, 0.25) is 0 Å². The third-order valence-corrected chi connectivity index (χ3v) is 6.75. The second-order valence-electron chi connectivity index (χ2n) is 8.58. The van der Waals surface area contributed by atoms with Crippen LogP contribution in [0.5, 0.6) is 0 Å². The minimum Gasteiger partial charge on any atom is -0.381 e.